The van der Waals surface area contributed by atoms with E-state index in [4.69, 9.17) is 9.47 Å². The lowest BCUT2D eigenvalue weighted by atomic mass is 10.1. The van der Waals surface area contributed by atoms with Crippen LogP contribution in [0.1, 0.15) is 18.5 Å². The standard InChI is InChI=1S/C16H18FNO3/c1-10(13-8-11(17)4-6-14(13)19)18-12-5-7-15(20-2)16(9-12)21-3/h4-10,18-19H,1-3H3. The van der Waals surface area contributed by atoms with Crippen molar-refractivity contribution in [3.05, 3.63) is 47.8 Å². The number of phenolic OH excluding ortho intramolecular Hbond substituents is 1. The third-order valence-corrected chi connectivity index (χ3v) is 3.22. The van der Waals surface area contributed by atoms with Gasteiger partial charge in [-0.3, -0.25) is 0 Å². The molecule has 0 radical (unpaired) electrons. The molecule has 112 valence electrons. The molecular formula is C16H18FNO3. The lowest BCUT2D eigenvalue weighted by Gasteiger charge is -2.18. The molecule has 0 spiro atoms. The van der Waals surface area contributed by atoms with Gasteiger partial charge < -0.3 is 19.9 Å². The number of aromatic hydroxyl groups is 1. The van der Waals surface area contributed by atoms with E-state index in [1.54, 1.807) is 26.4 Å². The van der Waals surface area contributed by atoms with E-state index in [0.29, 0.717) is 17.1 Å². The van der Waals surface area contributed by atoms with Gasteiger partial charge in [-0.2, -0.15) is 0 Å². The fourth-order valence-corrected chi connectivity index (χ4v) is 2.13. The summed E-state index contributed by atoms with van der Waals surface area (Å²) in [6.45, 7) is 1.84. The van der Waals surface area contributed by atoms with Crippen molar-refractivity contribution in [1.82, 2.24) is 0 Å². The molecule has 0 bridgehead atoms. The number of methoxy groups -OCH3 is 2. The third-order valence-electron chi connectivity index (χ3n) is 3.22. The molecule has 21 heavy (non-hydrogen) atoms. The maximum atomic E-state index is 13.3. The third kappa shape index (κ3) is 3.37. The zero-order valence-corrected chi connectivity index (χ0v) is 12.2. The number of hydrogen-bond donors (Lipinski definition) is 2. The lowest BCUT2D eigenvalue weighted by Crippen LogP contribution is -2.07. The van der Waals surface area contributed by atoms with E-state index in [1.165, 1.54) is 18.2 Å². The fourth-order valence-electron chi connectivity index (χ4n) is 2.13. The van der Waals surface area contributed by atoms with Gasteiger partial charge in [-0.05, 0) is 37.3 Å². The molecule has 5 heteroatoms. The Bertz CT molecular complexity index is 631. The highest BCUT2D eigenvalue weighted by molar-refractivity contribution is 5.56. The molecule has 1 unspecified atom stereocenters. The van der Waals surface area contributed by atoms with Crippen molar-refractivity contribution in [1.29, 1.82) is 0 Å². The van der Waals surface area contributed by atoms with Gasteiger partial charge in [-0.1, -0.05) is 0 Å². The van der Waals surface area contributed by atoms with Crippen molar-refractivity contribution >= 4 is 5.69 Å². The highest BCUT2D eigenvalue weighted by Crippen LogP contribution is 2.32. The van der Waals surface area contributed by atoms with Crippen molar-refractivity contribution in [3.63, 3.8) is 0 Å². The summed E-state index contributed by atoms with van der Waals surface area (Å²) in [6.07, 6.45) is 0. The summed E-state index contributed by atoms with van der Waals surface area (Å²) in [5.74, 6) is 0.892. The number of anilines is 1. The predicted octanol–water partition coefficient (Wildman–Crippen LogP) is 3.72. The molecule has 0 aliphatic heterocycles. The average molecular weight is 291 g/mol. The Morgan fingerprint density at radius 3 is 2.43 bits per heavy atom. The van der Waals surface area contributed by atoms with Gasteiger partial charge in [-0.25, -0.2) is 4.39 Å². The summed E-state index contributed by atoms with van der Waals surface area (Å²) < 4.78 is 23.7. The number of ether oxygens (including phenoxy) is 2. The van der Waals surface area contributed by atoms with Gasteiger partial charge in [0.25, 0.3) is 0 Å². The molecule has 0 saturated heterocycles. The topological polar surface area (TPSA) is 50.7 Å². The van der Waals surface area contributed by atoms with E-state index in [-0.39, 0.29) is 17.6 Å². The lowest BCUT2D eigenvalue weighted by molar-refractivity contribution is 0.355. The average Bonchev–Trinajstić information content (AvgIpc) is 2.49. The minimum Gasteiger partial charge on any atom is -0.508 e. The Labute approximate surface area is 123 Å². The highest BCUT2D eigenvalue weighted by Gasteiger charge is 2.12. The van der Waals surface area contributed by atoms with Crippen LogP contribution in [0.5, 0.6) is 17.2 Å². The van der Waals surface area contributed by atoms with Crippen LogP contribution in [0.3, 0.4) is 0 Å². The van der Waals surface area contributed by atoms with Crippen LogP contribution >= 0.6 is 0 Å². The number of phenols is 1. The molecule has 0 fully saturated rings. The number of hydrogen-bond acceptors (Lipinski definition) is 4. The van der Waals surface area contributed by atoms with Crippen molar-refractivity contribution in [3.8, 4) is 17.2 Å². The van der Waals surface area contributed by atoms with Crippen LogP contribution in [0.2, 0.25) is 0 Å². The summed E-state index contributed by atoms with van der Waals surface area (Å²) in [5, 5.41) is 13.0. The Balaban J connectivity index is 2.23. The zero-order chi connectivity index (χ0) is 15.4. The first-order valence-electron chi connectivity index (χ1n) is 6.52. The Hall–Kier alpha value is -2.43. The van der Waals surface area contributed by atoms with E-state index in [2.05, 4.69) is 5.32 Å². The van der Waals surface area contributed by atoms with Gasteiger partial charge in [0.2, 0.25) is 0 Å². The zero-order valence-electron chi connectivity index (χ0n) is 12.2. The van der Waals surface area contributed by atoms with Crippen LogP contribution in [-0.4, -0.2) is 19.3 Å². The Kier molecular flexibility index (Phi) is 4.52. The Morgan fingerprint density at radius 1 is 1.05 bits per heavy atom. The summed E-state index contributed by atoms with van der Waals surface area (Å²) in [5.41, 5.74) is 1.27. The van der Waals surface area contributed by atoms with Gasteiger partial charge in [0.1, 0.15) is 11.6 Å². The van der Waals surface area contributed by atoms with E-state index in [1.807, 2.05) is 13.0 Å². The summed E-state index contributed by atoms with van der Waals surface area (Å²) in [6, 6.07) is 9.01. The van der Waals surface area contributed by atoms with E-state index in [9.17, 15) is 9.50 Å². The second kappa shape index (κ2) is 6.35. The maximum absolute atomic E-state index is 13.3. The normalized spacial score (nSPS) is 11.8. The molecule has 0 amide bonds. The van der Waals surface area contributed by atoms with Gasteiger partial charge in [0.05, 0.1) is 20.3 Å². The number of halogens is 1. The van der Waals surface area contributed by atoms with Crippen molar-refractivity contribution in [2.75, 3.05) is 19.5 Å². The van der Waals surface area contributed by atoms with Crippen molar-refractivity contribution in [2.45, 2.75) is 13.0 Å². The van der Waals surface area contributed by atoms with Gasteiger partial charge >= 0.3 is 0 Å². The van der Waals surface area contributed by atoms with Crippen LogP contribution in [0, 0.1) is 5.82 Å². The largest absolute Gasteiger partial charge is 0.508 e. The molecule has 2 rings (SSSR count). The first-order valence-corrected chi connectivity index (χ1v) is 6.52. The van der Waals surface area contributed by atoms with Crippen LogP contribution < -0.4 is 14.8 Å². The van der Waals surface area contributed by atoms with Crippen molar-refractivity contribution in [2.24, 2.45) is 0 Å². The SMILES string of the molecule is COc1ccc(NC(C)c2cc(F)ccc2O)cc1OC. The summed E-state index contributed by atoms with van der Waals surface area (Å²) in [4.78, 5) is 0. The second-order valence-electron chi connectivity index (χ2n) is 4.64. The molecule has 2 aromatic carbocycles. The molecule has 0 aliphatic rings. The predicted molar refractivity (Wildman–Crippen MR) is 79.6 cm³/mol. The van der Waals surface area contributed by atoms with Crippen LogP contribution in [-0.2, 0) is 0 Å². The molecule has 0 heterocycles. The first kappa shape index (κ1) is 15.0. The monoisotopic (exact) mass is 291 g/mol. The van der Waals surface area contributed by atoms with Gasteiger partial charge in [0.15, 0.2) is 11.5 Å². The first-order chi connectivity index (χ1) is 10.0. The molecule has 2 aromatic rings. The van der Waals surface area contributed by atoms with Crippen LogP contribution in [0.25, 0.3) is 0 Å². The van der Waals surface area contributed by atoms with E-state index < -0.39 is 0 Å². The Morgan fingerprint density at radius 2 is 1.76 bits per heavy atom. The number of benzene rings is 2. The fraction of sp³-hybridized carbons (Fsp3) is 0.250. The number of nitrogens with one attached hydrogen (secondary N) is 1. The summed E-state index contributed by atoms with van der Waals surface area (Å²) in [7, 11) is 3.13. The van der Waals surface area contributed by atoms with Crippen LogP contribution in [0.15, 0.2) is 36.4 Å². The van der Waals surface area contributed by atoms with Crippen molar-refractivity contribution < 1.29 is 19.0 Å². The molecule has 4 nitrogen and oxygen atoms in total. The van der Waals surface area contributed by atoms with Crippen LogP contribution in [0.4, 0.5) is 10.1 Å². The minimum absolute atomic E-state index is 0.0527. The van der Waals surface area contributed by atoms with E-state index in [0.717, 1.165) is 5.69 Å². The summed E-state index contributed by atoms with van der Waals surface area (Å²) >= 11 is 0. The van der Waals surface area contributed by atoms with Gasteiger partial charge in [-0.15, -0.1) is 0 Å². The van der Waals surface area contributed by atoms with E-state index >= 15 is 0 Å². The molecule has 0 aliphatic carbocycles. The molecular weight excluding hydrogens is 273 g/mol. The molecule has 1 atom stereocenters. The molecule has 0 aromatic heterocycles. The quantitative estimate of drug-likeness (QED) is 0.881. The smallest absolute Gasteiger partial charge is 0.162 e. The highest BCUT2D eigenvalue weighted by atomic mass is 19.1. The minimum atomic E-state index is -0.385. The van der Waals surface area contributed by atoms with Gasteiger partial charge in [0, 0.05) is 17.3 Å². The molecule has 0 saturated carbocycles. The number of rotatable bonds is 5. The molecule has 2 N–H and O–H groups in total. The second-order valence-corrected chi connectivity index (χ2v) is 4.64. The maximum Gasteiger partial charge on any atom is 0.162 e.